The van der Waals surface area contributed by atoms with Crippen molar-refractivity contribution in [2.75, 3.05) is 37.3 Å². The number of amides is 3. The second kappa shape index (κ2) is 9.73. The summed E-state index contributed by atoms with van der Waals surface area (Å²) < 4.78 is 0. The Morgan fingerprint density at radius 3 is 2.31 bits per heavy atom. The van der Waals surface area contributed by atoms with Crippen molar-refractivity contribution in [2.24, 2.45) is 0 Å². The van der Waals surface area contributed by atoms with E-state index < -0.39 is 0 Å². The number of carbonyl (C=O) groups is 3. The summed E-state index contributed by atoms with van der Waals surface area (Å²) in [7, 11) is 1.57. The van der Waals surface area contributed by atoms with E-state index in [0.717, 1.165) is 25.9 Å². The van der Waals surface area contributed by atoms with Crippen LogP contribution in [0.25, 0.3) is 0 Å². The molecule has 3 amide bonds. The van der Waals surface area contributed by atoms with E-state index >= 15 is 0 Å². The van der Waals surface area contributed by atoms with Gasteiger partial charge in [0.05, 0.1) is 6.54 Å². The molecule has 0 saturated carbocycles. The second-order valence-corrected chi connectivity index (χ2v) is 6.99. The quantitative estimate of drug-likeness (QED) is 0.703. The molecule has 1 heterocycles. The van der Waals surface area contributed by atoms with Crippen LogP contribution in [0.5, 0.6) is 0 Å². The zero-order chi connectivity index (χ0) is 20.6. The number of likely N-dealkylation sites (tertiary alicyclic amines) is 1. The van der Waals surface area contributed by atoms with Crippen LogP contribution in [0.3, 0.4) is 0 Å². The lowest BCUT2D eigenvalue weighted by atomic mass is 10.1. The molecule has 7 heteroatoms. The van der Waals surface area contributed by atoms with Gasteiger partial charge in [0, 0.05) is 42.6 Å². The van der Waals surface area contributed by atoms with Crippen LogP contribution < -0.4 is 16.0 Å². The van der Waals surface area contributed by atoms with Gasteiger partial charge in [-0.3, -0.25) is 14.4 Å². The van der Waals surface area contributed by atoms with Gasteiger partial charge in [0.1, 0.15) is 0 Å². The van der Waals surface area contributed by atoms with Crippen molar-refractivity contribution in [1.82, 2.24) is 10.2 Å². The van der Waals surface area contributed by atoms with Gasteiger partial charge in [-0.1, -0.05) is 6.07 Å². The summed E-state index contributed by atoms with van der Waals surface area (Å²) in [6, 6.07) is 13.9. The molecule has 2 aromatic rings. The molecule has 1 aliphatic heterocycles. The minimum atomic E-state index is -0.217. The maximum atomic E-state index is 12.5. The fraction of sp³-hybridized carbons (Fsp3) is 0.318. The molecular formula is C22H26N4O3. The average Bonchev–Trinajstić information content (AvgIpc) is 2.78. The molecule has 0 bridgehead atoms. The van der Waals surface area contributed by atoms with E-state index in [1.165, 1.54) is 6.42 Å². The van der Waals surface area contributed by atoms with Crippen LogP contribution in [0.15, 0.2) is 48.5 Å². The van der Waals surface area contributed by atoms with Crippen molar-refractivity contribution >= 4 is 29.1 Å². The molecular weight excluding hydrogens is 368 g/mol. The zero-order valence-corrected chi connectivity index (χ0v) is 16.5. The first kappa shape index (κ1) is 20.4. The number of anilines is 2. The fourth-order valence-electron chi connectivity index (χ4n) is 3.28. The predicted molar refractivity (Wildman–Crippen MR) is 113 cm³/mol. The largest absolute Gasteiger partial charge is 0.376 e. The summed E-state index contributed by atoms with van der Waals surface area (Å²) in [5.74, 6) is -0.358. The third-order valence-corrected chi connectivity index (χ3v) is 4.86. The van der Waals surface area contributed by atoms with Gasteiger partial charge in [-0.2, -0.15) is 0 Å². The van der Waals surface area contributed by atoms with Crippen LogP contribution in [0, 0.1) is 0 Å². The molecule has 0 atom stereocenters. The Balaban J connectivity index is 1.52. The minimum absolute atomic E-state index is 0.0419. The van der Waals surface area contributed by atoms with Crippen LogP contribution >= 0.6 is 0 Å². The number of nitrogens with zero attached hydrogens (tertiary/aromatic N) is 1. The highest BCUT2D eigenvalue weighted by Gasteiger charge is 2.18. The van der Waals surface area contributed by atoms with Crippen molar-refractivity contribution in [3.05, 3.63) is 59.7 Å². The van der Waals surface area contributed by atoms with E-state index in [1.54, 1.807) is 55.6 Å². The summed E-state index contributed by atoms with van der Waals surface area (Å²) in [5, 5.41) is 8.37. The Hall–Kier alpha value is -3.35. The number of carbonyl (C=O) groups excluding carboxylic acids is 3. The lowest BCUT2D eigenvalue weighted by Crippen LogP contribution is -2.35. The van der Waals surface area contributed by atoms with E-state index in [4.69, 9.17) is 0 Å². The summed E-state index contributed by atoms with van der Waals surface area (Å²) in [6.45, 7) is 1.68. The number of benzene rings is 2. The van der Waals surface area contributed by atoms with Crippen molar-refractivity contribution in [3.8, 4) is 0 Å². The van der Waals surface area contributed by atoms with Gasteiger partial charge in [-0.15, -0.1) is 0 Å². The third-order valence-electron chi connectivity index (χ3n) is 4.86. The topological polar surface area (TPSA) is 90.5 Å². The first-order valence-corrected chi connectivity index (χ1v) is 9.82. The Labute approximate surface area is 170 Å². The normalized spacial score (nSPS) is 13.5. The van der Waals surface area contributed by atoms with Gasteiger partial charge >= 0.3 is 0 Å². The maximum absolute atomic E-state index is 12.5. The molecule has 1 saturated heterocycles. The van der Waals surface area contributed by atoms with E-state index in [0.29, 0.717) is 22.5 Å². The molecule has 0 unspecified atom stereocenters. The Kier molecular flexibility index (Phi) is 6.84. The van der Waals surface area contributed by atoms with Crippen molar-refractivity contribution < 1.29 is 14.4 Å². The molecule has 3 N–H and O–H groups in total. The smallest absolute Gasteiger partial charge is 0.253 e. The molecule has 1 fully saturated rings. The number of hydrogen-bond donors (Lipinski definition) is 3. The fourth-order valence-corrected chi connectivity index (χ4v) is 3.28. The lowest BCUT2D eigenvalue weighted by Gasteiger charge is -2.26. The minimum Gasteiger partial charge on any atom is -0.376 e. The van der Waals surface area contributed by atoms with Gasteiger partial charge < -0.3 is 20.9 Å². The van der Waals surface area contributed by atoms with Crippen LogP contribution in [0.1, 0.15) is 40.0 Å². The Bertz CT molecular complexity index is 874. The SMILES string of the molecule is CNC(=O)c1cccc(NCC(=O)Nc2ccc(C(=O)N3CCCCC3)cc2)c1. The maximum Gasteiger partial charge on any atom is 0.253 e. The molecule has 3 rings (SSSR count). The second-order valence-electron chi connectivity index (χ2n) is 6.99. The first-order valence-electron chi connectivity index (χ1n) is 9.82. The predicted octanol–water partition coefficient (Wildman–Crippen LogP) is 2.72. The van der Waals surface area contributed by atoms with E-state index in [2.05, 4.69) is 16.0 Å². The monoisotopic (exact) mass is 394 g/mol. The molecule has 0 radical (unpaired) electrons. The van der Waals surface area contributed by atoms with Crippen molar-refractivity contribution in [1.29, 1.82) is 0 Å². The molecule has 2 aromatic carbocycles. The summed E-state index contributed by atoms with van der Waals surface area (Å²) in [4.78, 5) is 38.2. The van der Waals surface area contributed by atoms with Crippen LogP contribution in [0.4, 0.5) is 11.4 Å². The number of piperidine rings is 1. The molecule has 0 aromatic heterocycles. The average molecular weight is 394 g/mol. The summed E-state index contributed by atoms with van der Waals surface area (Å²) in [5.41, 5.74) is 2.47. The van der Waals surface area contributed by atoms with Crippen LogP contribution in [0.2, 0.25) is 0 Å². The van der Waals surface area contributed by atoms with Gasteiger partial charge in [0.15, 0.2) is 0 Å². The summed E-state index contributed by atoms with van der Waals surface area (Å²) >= 11 is 0. The lowest BCUT2D eigenvalue weighted by molar-refractivity contribution is -0.114. The van der Waals surface area contributed by atoms with E-state index in [1.807, 2.05) is 4.90 Å². The van der Waals surface area contributed by atoms with Crippen LogP contribution in [-0.4, -0.2) is 49.3 Å². The summed E-state index contributed by atoms with van der Waals surface area (Å²) in [6.07, 6.45) is 3.29. The van der Waals surface area contributed by atoms with E-state index in [9.17, 15) is 14.4 Å². The van der Waals surface area contributed by atoms with Crippen molar-refractivity contribution in [2.45, 2.75) is 19.3 Å². The third kappa shape index (κ3) is 5.57. The van der Waals surface area contributed by atoms with Gasteiger partial charge in [-0.25, -0.2) is 0 Å². The number of rotatable bonds is 6. The zero-order valence-electron chi connectivity index (χ0n) is 16.5. The Morgan fingerprint density at radius 1 is 0.897 bits per heavy atom. The van der Waals surface area contributed by atoms with E-state index in [-0.39, 0.29) is 24.3 Å². The molecule has 29 heavy (non-hydrogen) atoms. The molecule has 1 aliphatic rings. The molecule has 0 spiro atoms. The van der Waals surface area contributed by atoms with Gasteiger partial charge in [-0.05, 0) is 61.7 Å². The highest BCUT2D eigenvalue weighted by molar-refractivity contribution is 5.97. The van der Waals surface area contributed by atoms with Crippen molar-refractivity contribution in [3.63, 3.8) is 0 Å². The molecule has 0 aliphatic carbocycles. The molecule has 152 valence electrons. The van der Waals surface area contributed by atoms with Gasteiger partial charge in [0.25, 0.3) is 11.8 Å². The van der Waals surface area contributed by atoms with Gasteiger partial charge in [0.2, 0.25) is 5.91 Å². The number of nitrogens with one attached hydrogen (secondary N) is 3. The number of hydrogen-bond acceptors (Lipinski definition) is 4. The standard InChI is InChI=1S/C22H26N4O3/c1-23-21(28)17-6-5-7-19(14-17)24-15-20(27)25-18-10-8-16(9-11-18)22(29)26-12-3-2-4-13-26/h5-11,14,24H,2-4,12-13,15H2,1H3,(H,23,28)(H,25,27). The van der Waals surface area contributed by atoms with Crippen LogP contribution in [-0.2, 0) is 4.79 Å². The molecule has 7 nitrogen and oxygen atoms in total. The highest BCUT2D eigenvalue weighted by Crippen LogP contribution is 2.16. The Morgan fingerprint density at radius 2 is 1.62 bits per heavy atom. The highest BCUT2D eigenvalue weighted by atomic mass is 16.2. The first-order chi connectivity index (χ1) is 14.1.